The van der Waals surface area contributed by atoms with Crippen LogP contribution in [0.1, 0.15) is 48.0 Å². The molecule has 0 rings (SSSR count). The molecule has 0 saturated carbocycles. The van der Waals surface area contributed by atoms with Gasteiger partial charge in [-0.3, -0.25) is 4.90 Å². The summed E-state index contributed by atoms with van der Waals surface area (Å²) >= 11 is 0. The maximum atomic E-state index is 2.66. The van der Waals surface area contributed by atoms with Crippen LogP contribution in [0.15, 0.2) is 0 Å². The highest BCUT2D eigenvalue weighted by Gasteiger charge is 2.13. The summed E-state index contributed by atoms with van der Waals surface area (Å²) in [7, 11) is 0. The quantitative estimate of drug-likeness (QED) is 0.540. The first kappa shape index (κ1) is 18.9. The van der Waals surface area contributed by atoms with Crippen molar-refractivity contribution in [3.05, 3.63) is 0 Å². The zero-order valence-electron chi connectivity index (χ0n) is 14.3. The zero-order chi connectivity index (χ0) is 14.7. The molecular formula is C16H37N3. The van der Waals surface area contributed by atoms with Crippen molar-refractivity contribution >= 4 is 0 Å². The Balaban J connectivity index is 4.22. The van der Waals surface area contributed by atoms with Crippen molar-refractivity contribution in [1.82, 2.24) is 14.7 Å². The lowest BCUT2D eigenvalue weighted by Gasteiger charge is -2.32. The summed E-state index contributed by atoms with van der Waals surface area (Å²) in [4.78, 5) is 7.70. The van der Waals surface area contributed by atoms with Gasteiger partial charge in [0.05, 0.1) is 0 Å². The molecule has 19 heavy (non-hydrogen) atoms. The summed E-state index contributed by atoms with van der Waals surface area (Å²) in [5.74, 6) is 0. The summed E-state index contributed by atoms with van der Waals surface area (Å²) in [6.07, 6.45) is 1.25. The van der Waals surface area contributed by atoms with Crippen LogP contribution in [-0.2, 0) is 0 Å². The first-order valence-corrected chi connectivity index (χ1v) is 8.31. The molecule has 0 aliphatic rings. The minimum atomic E-state index is 0.700. The average Bonchev–Trinajstić information content (AvgIpc) is 2.46. The van der Waals surface area contributed by atoms with E-state index in [1.165, 1.54) is 58.8 Å². The van der Waals surface area contributed by atoms with Crippen molar-refractivity contribution in [2.75, 3.05) is 52.4 Å². The van der Waals surface area contributed by atoms with Gasteiger partial charge in [-0.15, -0.1) is 0 Å². The monoisotopic (exact) mass is 271 g/mol. The molecule has 0 bridgehead atoms. The number of nitrogens with zero attached hydrogens (tertiary/aromatic N) is 3. The molecule has 0 radical (unpaired) electrons. The van der Waals surface area contributed by atoms with Crippen molar-refractivity contribution in [2.45, 2.75) is 54.0 Å². The van der Waals surface area contributed by atoms with E-state index in [0.29, 0.717) is 6.04 Å². The third-order valence-electron chi connectivity index (χ3n) is 4.41. The number of rotatable bonds is 12. The van der Waals surface area contributed by atoms with Crippen LogP contribution in [0.25, 0.3) is 0 Å². The van der Waals surface area contributed by atoms with Crippen LogP contribution in [0.3, 0.4) is 0 Å². The molecule has 0 amide bonds. The molecule has 0 saturated heterocycles. The molecule has 0 fully saturated rings. The largest absolute Gasteiger partial charge is 0.303 e. The number of hydrogen-bond donors (Lipinski definition) is 0. The Kier molecular flexibility index (Phi) is 11.6. The van der Waals surface area contributed by atoms with Crippen LogP contribution in [0.5, 0.6) is 0 Å². The van der Waals surface area contributed by atoms with Crippen LogP contribution in [-0.4, -0.2) is 73.1 Å². The van der Waals surface area contributed by atoms with Gasteiger partial charge in [-0.2, -0.15) is 0 Å². The molecule has 0 spiro atoms. The first-order valence-electron chi connectivity index (χ1n) is 8.31. The fraction of sp³-hybridized carbons (Fsp3) is 1.00. The fourth-order valence-corrected chi connectivity index (χ4v) is 2.43. The molecule has 3 heteroatoms. The minimum Gasteiger partial charge on any atom is -0.303 e. The van der Waals surface area contributed by atoms with Gasteiger partial charge in [-0.05, 0) is 39.5 Å². The van der Waals surface area contributed by atoms with Crippen molar-refractivity contribution in [2.24, 2.45) is 0 Å². The summed E-state index contributed by atoms with van der Waals surface area (Å²) < 4.78 is 0. The summed E-state index contributed by atoms with van der Waals surface area (Å²) in [5.41, 5.74) is 0. The standard InChI is InChI=1S/C16H37N3/c1-7-16(6)19(14-12-17(8-2)9-3)15-13-18(10-4)11-5/h16H,7-15H2,1-6H3. The highest BCUT2D eigenvalue weighted by atomic mass is 15.2. The Labute approximate surface area is 121 Å². The molecule has 1 unspecified atom stereocenters. The summed E-state index contributed by atoms with van der Waals surface area (Å²) in [6, 6.07) is 0.700. The van der Waals surface area contributed by atoms with Crippen LogP contribution in [0.4, 0.5) is 0 Å². The first-order chi connectivity index (χ1) is 9.12. The third-order valence-corrected chi connectivity index (χ3v) is 4.41. The molecule has 116 valence electrons. The van der Waals surface area contributed by atoms with Crippen molar-refractivity contribution in [3.63, 3.8) is 0 Å². The maximum Gasteiger partial charge on any atom is 0.0113 e. The van der Waals surface area contributed by atoms with E-state index in [1.54, 1.807) is 0 Å². The van der Waals surface area contributed by atoms with Gasteiger partial charge in [0.15, 0.2) is 0 Å². The van der Waals surface area contributed by atoms with E-state index in [4.69, 9.17) is 0 Å². The van der Waals surface area contributed by atoms with E-state index >= 15 is 0 Å². The Bertz CT molecular complexity index is 172. The molecule has 0 heterocycles. The fourth-order valence-electron chi connectivity index (χ4n) is 2.43. The van der Waals surface area contributed by atoms with E-state index in [1.807, 2.05) is 0 Å². The van der Waals surface area contributed by atoms with Crippen LogP contribution < -0.4 is 0 Å². The lowest BCUT2D eigenvalue weighted by Crippen LogP contribution is -2.43. The molecule has 1 atom stereocenters. The van der Waals surface area contributed by atoms with Crippen molar-refractivity contribution in [1.29, 1.82) is 0 Å². The van der Waals surface area contributed by atoms with E-state index in [2.05, 4.69) is 56.2 Å². The molecule has 0 aliphatic heterocycles. The molecule has 0 aromatic carbocycles. The second-order valence-corrected chi connectivity index (χ2v) is 5.35. The smallest absolute Gasteiger partial charge is 0.0113 e. The van der Waals surface area contributed by atoms with Crippen LogP contribution in [0, 0.1) is 0 Å². The van der Waals surface area contributed by atoms with Gasteiger partial charge in [0, 0.05) is 32.2 Å². The second kappa shape index (κ2) is 11.7. The van der Waals surface area contributed by atoms with Gasteiger partial charge in [-0.1, -0.05) is 34.6 Å². The topological polar surface area (TPSA) is 9.72 Å². The Hall–Kier alpha value is -0.120. The Morgan fingerprint density at radius 3 is 1.26 bits per heavy atom. The lowest BCUT2D eigenvalue weighted by atomic mass is 10.2. The molecule has 0 aromatic heterocycles. The van der Waals surface area contributed by atoms with Gasteiger partial charge in [-0.25, -0.2) is 0 Å². The number of hydrogen-bond acceptors (Lipinski definition) is 3. The van der Waals surface area contributed by atoms with Crippen molar-refractivity contribution in [3.8, 4) is 0 Å². The third kappa shape index (κ3) is 7.91. The van der Waals surface area contributed by atoms with E-state index in [9.17, 15) is 0 Å². The van der Waals surface area contributed by atoms with E-state index in [-0.39, 0.29) is 0 Å². The van der Waals surface area contributed by atoms with Crippen LogP contribution >= 0.6 is 0 Å². The van der Waals surface area contributed by atoms with E-state index < -0.39 is 0 Å². The highest BCUT2D eigenvalue weighted by molar-refractivity contribution is 4.70. The summed E-state index contributed by atoms with van der Waals surface area (Å²) in [5, 5.41) is 0. The Morgan fingerprint density at radius 1 is 0.632 bits per heavy atom. The average molecular weight is 271 g/mol. The van der Waals surface area contributed by atoms with Gasteiger partial charge in [0.25, 0.3) is 0 Å². The molecular weight excluding hydrogens is 234 g/mol. The van der Waals surface area contributed by atoms with Gasteiger partial charge >= 0.3 is 0 Å². The van der Waals surface area contributed by atoms with Crippen LogP contribution in [0.2, 0.25) is 0 Å². The van der Waals surface area contributed by atoms with Crippen molar-refractivity contribution < 1.29 is 0 Å². The highest BCUT2D eigenvalue weighted by Crippen LogP contribution is 2.04. The predicted molar refractivity (Wildman–Crippen MR) is 86.9 cm³/mol. The van der Waals surface area contributed by atoms with Gasteiger partial charge < -0.3 is 9.80 Å². The lowest BCUT2D eigenvalue weighted by molar-refractivity contribution is 0.148. The molecule has 0 aromatic rings. The molecule has 0 aliphatic carbocycles. The minimum absolute atomic E-state index is 0.700. The summed E-state index contributed by atoms with van der Waals surface area (Å²) in [6.45, 7) is 23.2. The van der Waals surface area contributed by atoms with Gasteiger partial charge in [0.1, 0.15) is 0 Å². The normalized spacial score (nSPS) is 13.7. The molecule has 3 nitrogen and oxygen atoms in total. The maximum absolute atomic E-state index is 2.66. The molecule has 0 N–H and O–H groups in total. The second-order valence-electron chi connectivity index (χ2n) is 5.35. The SMILES string of the molecule is CCC(C)N(CCN(CC)CC)CCN(CC)CC. The predicted octanol–water partition coefficient (Wildman–Crippen LogP) is 2.77. The Morgan fingerprint density at radius 2 is 1.00 bits per heavy atom. The zero-order valence-corrected chi connectivity index (χ0v) is 14.3. The van der Waals surface area contributed by atoms with Gasteiger partial charge in [0.2, 0.25) is 0 Å². The number of likely N-dealkylation sites (N-methyl/N-ethyl adjacent to an activating group) is 2. The van der Waals surface area contributed by atoms with E-state index in [0.717, 1.165) is 0 Å².